The minimum Gasteiger partial charge on any atom is -0.396 e. The molecule has 5 rings (SSSR count). The predicted molar refractivity (Wildman–Crippen MR) is 114 cm³/mol. The molecule has 0 spiro atoms. The average Bonchev–Trinajstić information content (AvgIpc) is 3.13. The first-order chi connectivity index (χ1) is 14.6. The molecule has 30 heavy (non-hydrogen) atoms. The maximum Gasteiger partial charge on any atom is 0.246 e. The molecule has 0 bridgehead atoms. The summed E-state index contributed by atoms with van der Waals surface area (Å²) in [6.07, 6.45) is 0.939. The van der Waals surface area contributed by atoms with Crippen molar-refractivity contribution < 1.29 is 14.7 Å². The first-order valence-corrected chi connectivity index (χ1v) is 10.5. The van der Waals surface area contributed by atoms with Crippen molar-refractivity contribution in [2.24, 2.45) is 0 Å². The van der Waals surface area contributed by atoms with Crippen molar-refractivity contribution in [2.75, 3.05) is 19.7 Å². The molecule has 0 radical (unpaired) electrons. The molecule has 2 aromatic carbocycles. The van der Waals surface area contributed by atoms with E-state index in [1.807, 2.05) is 42.5 Å². The number of hydrogen-bond donors (Lipinski definition) is 2. The van der Waals surface area contributed by atoms with Crippen LogP contribution in [0.15, 0.2) is 48.5 Å². The fourth-order valence-electron chi connectivity index (χ4n) is 4.77. The summed E-state index contributed by atoms with van der Waals surface area (Å²) < 4.78 is 0. The van der Waals surface area contributed by atoms with E-state index in [0.717, 1.165) is 27.7 Å². The maximum atomic E-state index is 13.3. The Balaban J connectivity index is 1.66. The normalized spacial score (nSPS) is 21.1. The number of hydrogen-bond acceptors (Lipinski definition) is 3. The van der Waals surface area contributed by atoms with Gasteiger partial charge in [0.05, 0.1) is 12.6 Å². The van der Waals surface area contributed by atoms with Crippen molar-refractivity contribution in [3.63, 3.8) is 0 Å². The zero-order chi connectivity index (χ0) is 20.8. The van der Waals surface area contributed by atoms with Crippen molar-refractivity contribution in [2.45, 2.75) is 24.9 Å². The summed E-state index contributed by atoms with van der Waals surface area (Å²) in [5.74, 6) is -0.139. The number of aliphatic hydroxyl groups excluding tert-OH is 1. The summed E-state index contributed by atoms with van der Waals surface area (Å²) in [5, 5.41) is 10.9. The molecule has 0 saturated carbocycles. The second-order valence-electron chi connectivity index (χ2n) is 7.87. The fraction of sp³-hybridized carbons (Fsp3) is 0.304. The Morgan fingerprint density at radius 3 is 2.63 bits per heavy atom. The van der Waals surface area contributed by atoms with Gasteiger partial charge in [-0.1, -0.05) is 41.9 Å². The zero-order valence-corrected chi connectivity index (χ0v) is 17.1. The summed E-state index contributed by atoms with van der Waals surface area (Å²) in [6.45, 7) is 0.416. The van der Waals surface area contributed by atoms with Crippen LogP contribution in [-0.2, 0) is 16.0 Å². The van der Waals surface area contributed by atoms with E-state index in [1.165, 1.54) is 0 Å². The molecule has 2 amide bonds. The Kier molecular flexibility index (Phi) is 4.76. The van der Waals surface area contributed by atoms with Crippen LogP contribution >= 0.6 is 11.6 Å². The highest BCUT2D eigenvalue weighted by atomic mass is 35.5. The molecule has 1 saturated heterocycles. The van der Waals surface area contributed by atoms with Gasteiger partial charge in [-0.25, -0.2) is 0 Å². The van der Waals surface area contributed by atoms with E-state index in [4.69, 9.17) is 16.7 Å². The summed E-state index contributed by atoms with van der Waals surface area (Å²) in [4.78, 5) is 33.4. The topological polar surface area (TPSA) is 76.6 Å². The van der Waals surface area contributed by atoms with E-state index in [9.17, 15) is 9.59 Å². The highest BCUT2D eigenvalue weighted by Gasteiger charge is 2.47. The second-order valence-corrected chi connectivity index (χ2v) is 8.31. The van der Waals surface area contributed by atoms with Gasteiger partial charge in [0.2, 0.25) is 11.8 Å². The highest BCUT2D eigenvalue weighted by Crippen LogP contribution is 2.42. The van der Waals surface area contributed by atoms with Gasteiger partial charge in [0.15, 0.2) is 0 Å². The number of aromatic nitrogens is 1. The van der Waals surface area contributed by atoms with Crippen LogP contribution in [0.25, 0.3) is 10.9 Å². The van der Waals surface area contributed by atoms with Gasteiger partial charge in [-0.15, -0.1) is 0 Å². The number of halogens is 1. The Morgan fingerprint density at radius 2 is 1.87 bits per heavy atom. The number of nitrogens with one attached hydrogen (secondary N) is 1. The number of nitrogens with zero attached hydrogens (tertiary/aromatic N) is 2. The van der Waals surface area contributed by atoms with Gasteiger partial charge in [0.1, 0.15) is 6.04 Å². The van der Waals surface area contributed by atoms with E-state index in [2.05, 4.69) is 11.1 Å². The summed E-state index contributed by atoms with van der Waals surface area (Å²) >= 11 is 6.10. The summed E-state index contributed by atoms with van der Waals surface area (Å²) in [6, 6.07) is 14.6. The lowest BCUT2D eigenvalue weighted by atomic mass is 9.86. The molecular formula is C23H22ClN3O3. The minimum atomic E-state index is -0.558. The van der Waals surface area contributed by atoms with Gasteiger partial charge < -0.3 is 19.9 Å². The number of carbonyl (C=O) groups excluding carboxylic acids is 2. The Hall–Kier alpha value is -2.83. The molecule has 1 aromatic heterocycles. The van der Waals surface area contributed by atoms with E-state index < -0.39 is 6.04 Å². The standard InChI is InChI=1S/C23H22ClN3O3/c24-15-8-6-14(7-9-15)22-21-17(16-4-1-2-5-18(16)25-21)12-19-23(30)26(10-3-11-28)13-20(29)27(19)22/h1-2,4-9,19,22,25,28H,3,10-13H2/t19-,22-/m0/s1. The first-order valence-electron chi connectivity index (χ1n) is 10.1. The number of para-hydroxylation sites is 1. The van der Waals surface area contributed by atoms with Crippen LogP contribution in [0.2, 0.25) is 5.02 Å². The molecule has 0 aliphatic carbocycles. The molecule has 3 heterocycles. The van der Waals surface area contributed by atoms with Crippen LogP contribution in [0.5, 0.6) is 0 Å². The molecule has 2 aliphatic heterocycles. The van der Waals surface area contributed by atoms with Crippen molar-refractivity contribution in [1.82, 2.24) is 14.8 Å². The number of rotatable bonds is 4. The highest BCUT2D eigenvalue weighted by molar-refractivity contribution is 6.30. The number of aliphatic hydroxyl groups is 1. The van der Waals surface area contributed by atoms with Crippen LogP contribution in [-0.4, -0.2) is 57.4 Å². The quantitative estimate of drug-likeness (QED) is 0.677. The third-order valence-corrected chi connectivity index (χ3v) is 6.37. The molecular weight excluding hydrogens is 402 g/mol. The lowest BCUT2D eigenvalue weighted by Gasteiger charge is -2.47. The molecule has 0 unspecified atom stereocenters. The van der Waals surface area contributed by atoms with Gasteiger partial charge >= 0.3 is 0 Å². The molecule has 3 aromatic rings. The molecule has 2 N–H and O–H groups in total. The number of aromatic amines is 1. The minimum absolute atomic E-state index is 0.00759. The molecule has 1 fully saturated rings. The van der Waals surface area contributed by atoms with Crippen LogP contribution in [0.3, 0.4) is 0 Å². The number of H-pyrrole nitrogens is 1. The van der Waals surface area contributed by atoms with Crippen molar-refractivity contribution in [1.29, 1.82) is 0 Å². The van der Waals surface area contributed by atoms with Gasteiger partial charge in [-0.3, -0.25) is 9.59 Å². The third kappa shape index (κ3) is 2.99. The van der Waals surface area contributed by atoms with Crippen LogP contribution in [0.1, 0.15) is 29.3 Å². The van der Waals surface area contributed by atoms with Gasteiger partial charge in [0, 0.05) is 41.2 Å². The SMILES string of the molecule is O=C1[C@@H]2Cc3c([nH]c4ccccc34)[C@H](c3ccc(Cl)cc3)N2C(=O)CN1CCCO. The predicted octanol–water partition coefficient (Wildman–Crippen LogP) is 2.89. The lowest BCUT2D eigenvalue weighted by molar-refractivity contribution is -0.158. The van der Waals surface area contributed by atoms with Gasteiger partial charge in [-0.05, 0) is 35.7 Å². The van der Waals surface area contributed by atoms with Crippen molar-refractivity contribution in [3.8, 4) is 0 Å². The van der Waals surface area contributed by atoms with Crippen LogP contribution in [0.4, 0.5) is 0 Å². The fourth-order valence-corrected chi connectivity index (χ4v) is 4.89. The van der Waals surface area contributed by atoms with E-state index >= 15 is 0 Å². The monoisotopic (exact) mass is 423 g/mol. The third-order valence-electron chi connectivity index (χ3n) is 6.11. The zero-order valence-electron chi connectivity index (χ0n) is 16.3. The number of piperazine rings is 1. The Labute approximate surface area is 179 Å². The van der Waals surface area contributed by atoms with Gasteiger partial charge in [-0.2, -0.15) is 0 Å². The van der Waals surface area contributed by atoms with E-state index in [-0.39, 0.29) is 31.0 Å². The average molecular weight is 424 g/mol. The molecule has 6 nitrogen and oxygen atoms in total. The summed E-state index contributed by atoms with van der Waals surface area (Å²) in [7, 11) is 0. The number of carbonyl (C=O) groups is 2. The van der Waals surface area contributed by atoms with Crippen LogP contribution in [0, 0.1) is 0 Å². The molecule has 2 atom stereocenters. The van der Waals surface area contributed by atoms with E-state index in [0.29, 0.717) is 24.4 Å². The number of benzene rings is 2. The lowest BCUT2D eigenvalue weighted by Crippen LogP contribution is -2.63. The van der Waals surface area contributed by atoms with Crippen LogP contribution < -0.4 is 0 Å². The molecule has 2 aliphatic rings. The molecule has 7 heteroatoms. The first kappa shape index (κ1) is 19.2. The Morgan fingerprint density at radius 1 is 1.10 bits per heavy atom. The number of amides is 2. The Bertz CT molecular complexity index is 1120. The van der Waals surface area contributed by atoms with Crippen molar-refractivity contribution >= 4 is 34.3 Å². The number of fused-ring (bicyclic) bond motifs is 4. The second kappa shape index (κ2) is 7.45. The van der Waals surface area contributed by atoms with Crippen molar-refractivity contribution in [3.05, 3.63) is 70.4 Å². The largest absolute Gasteiger partial charge is 0.396 e. The maximum absolute atomic E-state index is 13.3. The van der Waals surface area contributed by atoms with E-state index in [1.54, 1.807) is 9.80 Å². The summed E-state index contributed by atoms with van der Waals surface area (Å²) in [5.41, 5.74) is 3.96. The smallest absolute Gasteiger partial charge is 0.246 e. The molecule has 154 valence electrons. The van der Waals surface area contributed by atoms with Gasteiger partial charge in [0.25, 0.3) is 0 Å².